The predicted octanol–water partition coefficient (Wildman–Crippen LogP) is 2.91. The molecule has 0 atom stereocenters. The monoisotopic (exact) mass is 436 g/mol. The van der Waals surface area contributed by atoms with Gasteiger partial charge in [0, 0.05) is 13.1 Å². The van der Waals surface area contributed by atoms with Gasteiger partial charge in [-0.3, -0.25) is 4.79 Å². The fourth-order valence-corrected chi connectivity index (χ4v) is 3.12. The summed E-state index contributed by atoms with van der Waals surface area (Å²) in [5.41, 5.74) is -1.78. The van der Waals surface area contributed by atoms with Gasteiger partial charge in [-0.2, -0.15) is 13.2 Å². The summed E-state index contributed by atoms with van der Waals surface area (Å²) in [5.74, 6) is -1.84. The van der Waals surface area contributed by atoms with Crippen molar-refractivity contribution in [2.45, 2.75) is 6.18 Å². The van der Waals surface area contributed by atoms with E-state index >= 15 is 0 Å². The van der Waals surface area contributed by atoms with E-state index in [2.05, 4.69) is 20.6 Å². The number of aromatic nitrogens is 4. The van der Waals surface area contributed by atoms with Crippen LogP contribution < -0.4 is 10.2 Å². The summed E-state index contributed by atoms with van der Waals surface area (Å²) >= 11 is 0. The lowest BCUT2D eigenvalue weighted by Gasteiger charge is -2.28. The van der Waals surface area contributed by atoms with Crippen LogP contribution in [-0.2, 0) is 10.9 Å². The molecule has 31 heavy (non-hydrogen) atoms. The van der Waals surface area contributed by atoms with Crippen molar-refractivity contribution < 1.29 is 27.1 Å². The highest BCUT2D eigenvalue weighted by atomic mass is 19.4. The van der Waals surface area contributed by atoms with Crippen LogP contribution in [0.1, 0.15) is 16.2 Å². The number of carbonyl (C=O) groups excluding carboxylic acids is 1. The van der Waals surface area contributed by atoms with Gasteiger partial charge in [-0.25, -0.2) is 14.1 Å². The van der Waals surface area contributed by atoms with Gasteiger partial charge in [-0.15, -0.1) is 5.10 Å². The van der Waals surface area contributed by atoms with Crippen LogP contribution in [0.4, 0.5) is 29.1 Å². The van der Waals surface area contributed by atoms with Gasteiger partial charge < -0.3 is 15.0 Å². The molecule has 0 bridgehead atoms. The number of rotatable bonds is 4. The Morgan fingerprint density at radius 1 is 1.10 bits per heavy atom. The zero-order valence-corrected chi connectivity index (χ0v) is 15.9. The van der Waals surface area contributed by atoms with E-state index in [1.165, 1.54) is 24.4 Å². The quantitative estimate of drug-likeness (QED) is 0.634. The Labute approximate surface area is 173 Å². The zero-order chi connectivity index (χ0) is 22.0. The number of hydrogen-bond acceptors (Lipinski definition) is 6. The number of ether oxygens (including phenoxy) is 1. The van der Waals surface area contributed by atoms with Gasteiger partial charge in [0.25, 0.3) is 5.91 Å². The Balaban J connectivity index is 1.58. The minimum absolute atomic E-state index is 0.0513. The average molecular weight is 436 g/mol. The third-order valence-electron chi connectivity index (χ3n) is 4.57. The summed E-state index contributed by atoms with van der Waals surface area (Å²) in [6.45, 7) is 2.54. The Kier molecular flexibility index (Phi) is 5.55. The molecule has 1 aromatic carbocycles. The molecule has 1 N–H and O–H groups in total. The maximum absolute atomic E-state index is 13.7. The van der Waals surface area contributed by atoms with Gasteiger partial charge in [0.15, 0.2) is 11.4 Å². The molecule has 3 heterocycles. The highest BCUT2D eigenvalue weighted by Crippen LogP contribution is 2.33. The first-order valence-electron chi connectivity index (χ1n) is 9.22. The lowest BCUT2D eigenvalue weighted by molar-refractivity contribution is -0.143. The maximum Gasteiger partial charge on any atom is 0.435 e. The van der Waals surface area contributed by atoms with E-state index in [1.54, 1.807) is 6.07 Å². The molecule has 2 aromatic heterocycles. The molecule has 0 unspecified atom stereocenters. The Morgan fingerprint density at radius 2 is 1.87 bits per heavy atom. The van der Waals surface area contributed by atoms with Gasteiger partial charge in [-0.05, 0) is 30.3 Å². The van der Waals surface area contributed by atoms with Crippen LogP contribution in [0.15, 0.2) is 42.6 Å². The number of pyridine rings is 1. The third-order valence-corrected chi connectivity index (χ3v) is 4.57. The minimum Gasteiger partial charge on any atom is -0.378 e. The van der Waals surface area contributed by atoms with E-state index in [9.17, 15) is 22.4 Å². The van der Waals surface area contributed by atoms with Gasteiger partial charge in [0.2, 0.25) is 0 Å². The van der Waals surface area contributed by atoms with Crippen LogP contribution in [0.5, 0.6) is 0 Å². The number of anilines is 2. The summed E-state index contributed by atoms with van der Waals surface area (Å²) in [6, 6.07) is 7.56. The molecule has 1 amide bonds. The summed E-state index contributed by atoms with van der Waals surface area (Å²) in [4.78, 5) is 18.6. The van der Waals surface area contributed by atoms with Crippen LogP contribution >= 0.6 is 0 Å². The van der Waals surface area contributed by atoms with E-state index in [0.29, 0.717) is 31.0 Å². The summed E-state index contributed by atoms with van der Waals surface area (Å²) < 4.78 is 60.2. The fourth-order valence-electron chi connectivity index (χ4n) is 3.12. The van der Waals surface area contributed by atoms with Gasteiger partial charge in [0.1, 0.15) is 11.6 Å². The fraction of sp³-hybridized carbons (Fsp3) is 0.263. The predicted molar refractivity (Wildman–Crippen MR) is 102 cm³/mol. The van der Waals surface area contributed by atoms with E-state index in [-0.39, 0.29) is 11.5 Å². The smallest absolute Gasteiger partial charge is 0.378 e. The zero-order valence-electron chi connectivity index (χ0n) is 15.9. The highest BCUT2D eigenvalue weighted by molar-refractivity contribution is 6.03. The van der Waals surface area contributed by atoms with Gasteiger partial charge >= 0.3 is 6.18 Å². The Bertz CT molecular complexity index is 1080. The number of nitrogens with zero attached hydrogens (tertiary/aromatic N) is 5. The second kappa shape index (κ2) is 8.30. The normalized spacial score (nSPS) is 14.5. The molecule has 0 radical (unpaired) electrons. The lowest BCUT2D eigenvalue weighted by atomic mass is 10.2. The van der Waals surface area contributed by atoms with Crippen molar-refractivity contribution in [1.82, 2.24) is 20.0 Å². The van der Waals surface area contributed by atoms with Crippen molar-refractivity contribution in [2.75, 3.05) is 36.5 Å². The molecule has 1 fully saturated rings. The molecule has 0 aliphatic carbocycles. The van der Waals surface area contributed by atoms with E-state index in [0.717, 1.165) is 17.8 Å². The van der Waals surface area contributed by atoms with Crippen LogP contribution in [0, 0.1) is 5.82 Å². The van der Waals surface area contributed by atoms with Crippen LogP contribution in [0.25, 0.3) is 5.69 Å². The summed E-state index contributed by atoms with van der Waals surface area (Å²) in [7, 11) is 0. The molecular formula is C19H16F4N6O2. The van der Waals surface area contributed by atoms with Crippen LogP contribution in [-0.4, -0.2) is 52.2 Å². The molecule has 1 aliphatic heterocycles. The molecule has 1 aliphatic rings. The Morgan fingerprint density at radius 3 is 2.52 bits per heavy atom. The van der Waals surface area contributed by atoms with Crippen LogP contribution in [0.2, 0.25) is 0 Å². The minimum atomic E-state index is -4.96. The number of hydrogen-bond donors (Lipinski definition) is 1. The highest BCUT2D eigenvalue weighted by Gasteiger charge is 2.42. The topological polar surface area (TPSA) is 85.2 Å². The molecular weight excluding hydrogens is 420 g/mol. The number of halogens is 4. The molecule has 162 valence electrons. The number of amides is 1. The summed E-state index contributed by atoms with van der Waals surface area (Å²) in [5, 5.41) is 9.09. The molecule has 12 heteroatoms. The van der Waals surface area contributed by atoms with Crippen molar-refractivity contribution in [2.24, 2.45) is 0 Å². The molecule has 4 rings (SSSR count). The van der Waals surface area contributed by atoms with Crippen molar-refractivity contribution in [3.63, 3.8) is 0 Å². The molecule has 8 nitrogen and oxygen atoms in total. The number of alkyl halides is 3. The first-order valence-corrected chi connectivity index (χ1v) is 9.22. The van der Waals surface area contributed by atoms with Crippen molar-refractivity contribution in [3.8, 4) is 5.69 Å². The van der Waals surface area contributed by atoms with Gasteiger partial charge in [-0.1, -0.05) is 11.3 Å². The second-order valence-electron chi connectivity index (χ2n) is 6.63. The maximum atomic E-state index is 13.7. The standard InChI is InChI=1S/C19H16F4N6O2/c20-12-2-1-3-13(10-12)29-17(19(21,22)23)16(26-27-29)18(30)25-15-5-4-14(11-24-15)28-6-8-31-9-7-28/h1-5,10-11H,6-9H2,(H,24,25,30). The molecule has 0 spiro atoms. The SMILES string of the molecule is O=C(Nc1ccc(N2CCOCC2)cn1)c1nnn(-c2cccc(F)c2)c1C(F)(F)F. The third kappa shape index (κ3) is 4.48. The molecule has 1 saturated heterocycles. The second-order valence-corrected chi connectivity index (χ2v) is 6.63. The lowest BCUT2D eigenvalue weighted by Crippen LogP contribution is -2.36. The molecule has 0 saturated carbocycles. The number of carbonyl (C=O) groups is 1. The number of morpholine rings is 1. The van der Waals surface area contributed by atoms with Gasteiger partial charge in [0.05, 0.1) is 30.8 Å². The molecule has 3 aromatic rings. The average Bonchev–Trinajstić information content (AvgIpc) is 3.21. The summed E-state index contributed by atoms with van der Waals surface area (Å²) in [6.07, 6.45) is -3.45. The van der Waals surface area contributed by atoms with Crippen molar-refractivity contribution in [3.05, 3.63) is 59.8 Å². The van der Waals surface area contributed by atoms with Crippen molar-refractivity contribution >= 4 is 17.4 Å². The first kappa shape index (κ1) is 20.7. The van der Waals surface area contributed by atoms with E-state index in [1.807, 2.05) is 4.90 Å². The van der Waals surface area contributed by atoms with E-state index < -0.39 is 29.3 Å². The number of benzene rings is 1. The van der Waals surface area contributed by atoms with E-state index in [4.69, 9.17) is 4.74 Å². The Hall–Kier alpha value is -3.54. The first-order chi connectivity index (χ1) is 14.8. The number of nitrogens with one attached hydrogen (secondary N) is 1. The van der Waals surface area contributed by atoms with Crippen LogP contribution in [0.3, 0.4) is 0 Å². The largest absolute Gasteiger partial charge is 0.435 e. The van der Waals surface area contributed by atoms with Crippen molar-refractivity contribution in [1.29, 1.82) is 0 Å².